The quantitative estimate of drug-likeness (QED) is 0.778. The second-order valence-electron chi connectivity index (χ2n) is 7.20. The van der Waals surface area contributed by atoms with Gasteiger partial charge in [0.05, 0.1) is 18.6 Å². The van der Waals surface area contributed by atoms with Crippen LogP contribution in [0.25, 0.3) is 0 Å². The number of benzene rings is 2. The van der Waals surface area contributed by atoms with Gasteiger partial charge in [-0.3, -0.25) is 4.79 Å². The van der Waals surface area contributed by atoms with Gasteiger partial charge in [0.2, 0.25) is 15.9 Å². The second-order valence-corrected chi connectivity index (χ2v) is 9.55. The summed E-state index contributed by atoms with van der Waals surface area (Å²) < 4.78 is 46.3. The van der Waals surface area contributed by atoms with E-state index in [4.69, 9.17) is 16.3 Å². The van der Waals surface area contributed by atoms with E-state index in [-0.39, 0.29) is 37.9 Å². The Morgan fingerprint density at radius 3 is 2.38 bits per heavy atom. The number of carbonyl (C=O) groups excluding carboxylic acids is 1. The monoisotopic (exact) mass is 438 g/mol. The van der Waals surface area contributed by atoms with Crippen LogP contribution >= 0.6 is 11.6 Å². The van der Waals surface area contributed by atoms with Crippen molar-refractivity contribution in [3.63, 3.8) is 0 Å². The van der Waals surface area contributed by atoms with Crippen LogP contribution in [0.4, 0.5) is 10.1 Å². The van der Waals surface area contributed by atoms with Gasteiger partial charge in [-0.1, -0.05) is 23.7 Å². The predicted octanol–water partition coefficient (Wildman–Crippen LogP) is 3.17. The molecule has 2 aliphatic rings. The van der Waals surface area contributed by atoms with Gasteiger partial charge < -0.3 is 10.1 Å². The second kappa shape index (κ2) is 7.68. The van der Waals surface area contributed by atoms with Crippen molar-refractivity contribution in [2.45, 2.75) is 23.2 Å². The van der Waals surface area contributed by atoms with Gasteiger partial charge in [0.25, 0.3) is 0 Å². The fourth-order valence-corrected chi connectivity index (χ4v) is 5.12. The standard InChI is InChI=1S/C20H20ClFN2O4S/c21-15-3-1-14(2-4-15)20(7-8-20)19(25)23-16-5-6-17(22)18(13-16)29(26,27)24-9-11-28-12-10-24/h1-6,13H,7-12H2,(H,23,25). The molecule has 2 aromatic carbocycles. The normalized spacial score (nSPS) is 19.0. The summed E-state index contributed by atoms with van der Waals surface area (Å²) in [6.07, 6.45) is 1.36. The zero-order chi connectivity index (χ0) is 20.6. The molecule has 29 heavy (non-hydrogen) atoms. The lowest BCUT2D eigenvalue weighted by Gasteiger charge is -2.26. The summed E-state index contributed by atoms with van der Waals surface area (Å²) in [5.41, 5.74) is 0.425. The number of nitrogens with one attached hydrogen (secondary N) is 1. The van der Waals surface area contributed by atoms with Crippen LogP contribution in [0.3, 0.4) is 0 Å². The molecule has 0 unspecified atom stereocenters. The number of hydrogen-bond acceptors (Lipinski definition) is 4. The highest BCUT2D eigenvalue weighted by atomic mass is 35.5. The molecular weight excluding hydrogens is 419 g/mol. The van der Waals surface area contributed by atoms with Crippen LogP contribution < -0.4 is 5.32 Å². The molecule has 1 amide bonds. The van der Waals surface area contributed by atoms with Crippen LogP contribution in [0.5, 0.6) is 0 Å². The Morgan fingerprint density at radius 2 is 1.76 bits per heavy atom. The SMILES string of the molecule is O=C(Nc1ccc(F)c(S(=O)(=O)N2CCOCC2)c1)C1(c2ccc(Cl)cc2)CC1. The minimum atomic E-state index is -4.02. The third-order valence-electron chi connectivity index (χ3n) is 5.36. The Bertz CT molecular complexity index is 1030. The summed E-state index contributed by atoms with van der Waals surface area (Å²) in [7, 11) is -4.02. The van der Waals surface area contributed by atoms with Crippen LogP contribution in [0, 0.1) is 5.82 Å². The molecule has 2 aromatic rings. The molecule has 4 rings (SSSR count). The summed E-state index contributed by atoms with van der Waals surface area (Å²) in [4.78, 5) is 12.5. The van der Waals surface area contributed by atoms with E-state index in [9.17, 15) is 17.6 Å². The largest absolute Gasteiger partial charge is 0.379 e. The summed E-state index contributed by atoms with van der Waals surface area (Å²) in [6, 6.07) is 10.7. The third kappa shape index (κ3) is 3.90. The van der Waals surface area contributed by atoms with Crippen LogP contribution in [0.2, 0.25) is 5.02 Å². The van der Waals surface area contributed by atoms with Gasteiger partial charge in [0.15, 0.2) is 0 Å². The van der Waals surface area contributed by atoms with E-state index < -0.39 is 26.2 Å². The molecule has 9 heteroatoms. The van der Waals surface area contributed by atoms with Crippen LogP contribution in [0.15, 0.2) is 47.4 Å². The summed E-state index contributed by atoms with van der Waals surface area (Å²) in [5, 5.41) is 3.34. The zero-order valence-electron chi connectivity index (χ0n) is 15.5. The van der Waals surface area contributed by atoms with Crippen molar-refractivity contribution in [1.82, 2.24) is 4.31 Å². The van der Waals surface area contributed by atoms with E-state index in [1.165, 1.54) is 16.4 Å². The van der Waals surface area contributed by atoms with Crippen molar-refractivity contribution >= 4 is 33.2 Å². The van der Waals surface area contributed by atoms with Crippen LogP contribution in [0.1, 0.15) is 18.4 Å². The molecule has 0 radical (unpaired) electrons. The summed E-state index contributed by atoms with van der Waals surface area (Å²) in [6.45, 7) is 0.859. The molecule has 1 aliphatic heterocycles. The Hall–Kier alpha value is -2.00. The topological polar surface area (TPSA) is 75.7 Å². The van der Waals surface area contributed by atoms with Crippen LogP contribution in [-0.4, -0.2) is 44.9 Å². The lowest BCUT2D eigenvalue weighted by atomic mass is 9.95. The van der Waals surface area contributed by atoms with E-state index in [0.29, 0.717) is 17.9 Å². The summed E-state index contributed by atoms with van der Waals surface area (Å²) in [5.74, 6) is -1.10. The molecule has 2 fully saturated rings. The molecule has 0 aromatic heterocycles. The average molecular weight is 439 g/mol. The van der Waals surface area contributed by atoms with Gasteiger partial charge in [0.1, 0.15) is 10.7 Å². The number of amides is 1. The lowest BCUT2D eigenvalue weighted by Crippen LogP contribution is -2.41. The minimum Gasteiger partial charge on any atom is -0.379 e. The number of sulfonamides is 1. The van der Waals surface area contributed by atoms with Gasteiger partial charge >= 0.3 is 0 Å². The third-order valence-corrected chi connectivity index (χ3v) is 7.52. The van der Waals surface area contributed by atoms with Crippen LogP contribution in [-0.2, 0) is 25.0 Å². The van der Waals surface area contributed by atoms with E-state index in [2.05, 4.69) is 5.32 Å². The van der Waals surface area contributed by atoms with Crippen molar-refractivity contribution < 1.29 is 22.3 Å². The average Bonchev–Trinajstić information content (AvgIpc) is 3.52. The number of morpholine rings is 1. The summed E-state index contributed by atoms with van der Waals surface area (Å²) >= 11 is 5.93. The molecule has 1 heterocycles. The first-order valence-electron chi connectivity index (χ1n) is 9.28. The number of hydrogen-bond donors (Lipinski definition) is 1. The highest BCUT2D eigenvalue weighted by Crippen LogP contribution is 2.49. The van der Waals surface area contributed by atoms with E-state index >= 15 is 0 Å². The number of halogens is 2. The number of carbonyl (C=O) groups is 1. The fraction of sp³-hybridized carbons (Fsp3) is 0.350. The molecule has 1 aliphatic carbocycles. The number of rotatable bonds is 5. The van der Waals surface area contributed by atoms with Crippen molar-refractivity contribution in [2.24, 2.45) is 0 Å². The van der Waals surface area contributed by atoms with Gasteiger partial charge in [-0.25, -0.2) is 12.8 Å². The smallest absolute Gasteiger partial charge is 0.246 e. The molecule has 1 saturated heterocycles. The Morgan fingerprint density at radius 1 is 1.10 bits per heavy atom. The highest BCUT2D eigenvalue weighted by Gasteiger charge is 2.51. The predicted molar refractivity (Wildman–Crippen MR) is 107 cm³/mol. The highest BCUT2D eigenvalue weighted by molar-refractivity contribution is 7.89. The van der Waals surface area contributed by atoms with Gasteiger partial charge in [-0.15, -0.1) is 0 Å². The molecule has 0 atom stereocenters. The number of ether oxygens (including phenoxy) is 1. The van der Waals surface area contributed by atoms with Crippen molar-refractivity contribution in [3.8, 4) is 0 Å². The molecule has 154 valence electrons. The lowest BCUT2D eigenvalue weighted by molar-refractivity contribution is -0.118. The van der Waals surface area contributed by atoms with Gasteiger partial charge in [0, 0.05) is 23.8 Å². The minimum absolute atomic E-state index is 0.165. The molecule has 1 saturated carbocycles. The number of anilines is 1. The number of nitrogens with zero attached hydrogens (tertiary/aromatic N) is 1. The van der Waals surface area contributed by atoms with Gasteiger partial charge in [-0.2, -0.15) is 4.31 Å². The Labute approximate surface area is 173 Å². The maximum atomic E-state index is 14.3. The van der Waals surface area contributed by atoms with Crippen molar-refractivity contribution in [1.29, 1.82) is 0 Å². The molecule has 1 N–H and O–H groups in total. The van der Waals surface area contributed by atoms with E-state index in [1.807, 2.05) is 12.1 Å². The van der Waals surface area contributed by atoms with Crippen molar-refractivity contribution in [2.75, 3.05) is 31.6 Å². The molecule has 6 nitrogen and oxygen atoms in total. The maximum Gasteiger partial charge on any atom is 0.246 e. The molecule has 0 spiro atoms. The van der Waals surface area contributed by atoms with Crippen molar-refractivity contribution in [3.05, 3.63) is 58.9 Å². The van der Waals surface area contributed by atoms with E-state index in [1.54, 1.807) is 12.1 Å². The zero-order valence-corrected chi connectivity index (χ0v) is 17.1. The first kappa shape index (κ1) is 20.3. The van der Waals surface area contributed by atoms with E-state index in [0.717, 1.165) is 11.6 Å². The first-order chi connectivity index (χ1) is 13.8. The maximum absolute atomic E-state index is 14.3. The Kier molecular flexibility index (Phi) is 5.37. The molecule has 0 bridgehead atoms. The fourth-order valence-electron chi connectivity index (χ4n) is 3.50. The van der Waals surface area contributed by atoms with Gasteiger partial charge in [-0.05, 0) is 48.7 Å². The molecular formula is C20H20ClFN2O4S. The first-order valence-corrected chi connectivity index (χ1v) is 11.1. The Balaban J connectivity index is 1.58.